The zero-order valence-corrected chi connectivity index (χ0v) is 12.4. The molecule has 2 rings (SSSR count). The fourth-order valence-corrected chi connectivity index (χ4v) is 2.39. The fourth-order valence-electron chi connectivity index (χ4n) is 2.39. The van der Waals surface area contributed by atoms with Gasteiger partial charge in [-0.25, -0.2) is 4.79 Å². The highest BCUT2D eigenvalue weighted by Gasteiger charge is 2.48. The van der Waals surface area contributed by atoms with Gasteiger partial charge >= 0.3 is 5.97 Å². The summed E-state index contributed by atoms with van der Waals surface area (Å²) in [5.41, 5.74) is -0.512. The molecule has 0 saturated heterocycles. The standard InChI is InChI=1S/C17H17NO4/c1-21-16(19)17(22-2,14-11-7-4-8-12-14)15(18-20)13-9-5-3-6-10-13/h3-12,20H,1-2H3/b18-15+. The molecule has 0 bridgehead atoms. The van der Waals surface area contributed by atoms with E-state index >= 15 is 0 Å². The second-order valence-electron chi connectivity index (χ2n) is 4.56. The number of benzene rings is 2. The van der Waals surface area contributed by atoms with Crippen LogP contribution >= 0.6 is 0 Å². The first-order valence-corrected chi connectivity index (χ1v) is 6.67. The summed E-state index contributed by atoms with van der Waals surface area (Å²) in [5, 5.41) is 12.9. The highest BCUT2D eigenvalue weighted by atomic mass is 16.6. The van der Waals surface area contributed by atoms with Gasteiger partial charge in [0.25, 0.3) is 0 Å². The van der Waals surface area contributed by atoms with Gasteiger partial charge in [-0.1, -0.05) is 65.8 Å². The van der Waals surface area contributed by atoms with E-state index in [1.54, 1.807) is 48.5 Å². The molecular weight excluding hydrogens is 282 g/mol. The van der Waals surface area contributed by atoms with Gasteiger partial charge in [0.2, 0.25) is 5.60 Å². The summed E-state index contributed by atoms with van der Waals surface area (Å²) in [6.07, 6.45) is 0. The van der Waals surface area contributed by atoms with E-state index in [1.165, 1.54) is 14.2 Å². The first-order chi connectivity index (χ1) is 10.7. The van der Waals surface area contributed by atoms with Crippen LogP contribution in [0.25, 0.3) is 0 Å². The summed E-state index contributed by atoms with van der Waals surface area (Å²) < 4.78 is 10.4. The lowest BCUT2D eigenvalue weighted by molar-refractivity contribution is -0.159. The summed E-state index contributed by atoms with van der Waals surface area (Å²) in [6, 6.07) is 17.6. The molecule has 0 radical (unpaired) electrons. The Labute approximate surface area is 128 Å². The van der Waals surface area contributed by atoms with Crippen LogP contribution in [0, 0.1) is 0 Å². The van der Waals surface area contributed by atoms with E-state index in [0.717, 1.165) is 0 Å². The summed E-state index contributed by atoms with van der Waals surface area (Å²) in [7, 11) is 2.64. The molecule has 1 unspecified atom stereocenters. The monoisotopic (exact) mass is 299 g/mol. The summed E-state index contributed by atoms with van der Waals surface area (Å²) in [6.45, 7) is 0. The van der Waals surface area contributed by atoms with Crippen molar-refractivity contribution in [3.63, 3.8) is 0 Å². The van der Waals surface area contributed by atoms with Crippen LogP contribution in [0.1, 0.15) is 11.1 Å². The molecule has 5 nitrogen and oxygen atoms in total. The second kappa shape index (κ2) is 6.87. The third-order valence-electron chi connectivity index (χ3n) is 3.44. The molecule has 0 saturated carbocycles. The number of hydrogen-bond acceptors (Lipinski definition) is 5. The third-order valence-corrected chi connectivity index (χ3v) is 3.44. The minimum atomic E-state index is -1.65. The maximum Gasteiger partial charge on any atom is 0.349 e. The first kappa shape index (κ1) is 15.7. The molecule has 0 amide bonds. The molecule has 0 aliphatic rings. The summed E-state index contributed by atoms with van der Waals surface area (Å²) in [4.78, 5) is 12.5. The van der Waals surface area contributed by atoms with Crippen LogP contribution in [0.3, 0.4) is 0 Å². The average Bonchev–Trinajstić information content (AvgIpc) is 2.60. The lowest BCUT2D eigenvalue weighted by atomic mass is 9.85. The molecule has 2 aromatic carbocycles. The maximum absolute atomic E-state index is 12.5. The van der Waals surface area contributed by atoms with Gasteiger partial charge in [0.15, 0.2) is 0 Å². The van der Waals surface area contributed by atoms with Crippen molar-refractivity contribution in [3.8, 4) is 0 Å². The number of rotatable bonds is 5. The Morgan fingerprint density at radius 3 is 2.00 bits per heavy atom. The smallest absolute Gasteiger partial charge is 0.349 e. The van der Waals surface area contributed by atoms with Gasteiger partial charge in [-0.15, -0.1) is 0 Å². The quantitative estimate of drug-likeness (QED) is 0.399. The Bertz CT molecular complexity index is 655. The molecular formula is C17H17NO4. The van der Waals surface area contributed by atoms with E-state index in [4.69, 9.17) is 9.47 Å². The van der Waals surface area contributed by atoms with Gasteiger partial charge in [0.1, 0.15) is 5.71 Å². The van der Waals surface area contributed by atoms with Crippen molar-refractivity contribution < 1.29 is 19.5 Å². The number of carbonyl (C=O) groups is 1. The lowest BCUT2D eigenvalue weighted by Crippen LogP contribution is -2.47. The van der Waals surface area contributed by atoms with Gasteiger partial charge in [-0.05, 0) is 0 Å². The highest BCUT2D eigenvalue weighted by molar-refractivity contribution is 6.18. The molecule has 5 heteroatoms. The summed E-state index contributed by atoms with van der Waals surface area (Å²) in [5.74, 6) is -0.669. The number of methoxy groups -OCH3 is 2. The van der Waals surface area contributed by atoms with Gasteiger partial charge in [-0.2, -0.15) is 0 Å². The van der Waals surface area contributed by atoms with Crippen molar-refractivity contribution in [3.05, 3.63) is 71.8 Å². The number of oxime groups is 1. The van der Waals surface area contributed by atoms with Gasteiger partial charge in [0, 0.05) is 18.2 Å². The van der Waals surface area contributed by atoms with Gasteiger partial charge < -0.3 is 14.7 Å². The zero-order valence-electron chi connectivity index (χ0n) is 12.4. The predicted molar refractivity (Wildman–Crippen MR) is 81.9 cm³/mol. The Morgan fingerprint density at radius 2 is 1.55 bits per heavy atom. The number of esters is 1. The van der Waals surface area contributed by atoms with Crippen LogP contribution in [0.2, 0.25) is 0 Å². The highest BCUT2D eigenvalue weighted by Crippen LogP contribution is 2.31. The van der Waals surface area contributed by atoms with Crippen molar-refractivity contribution in [2.75, 3.05) is 14.2 Å². The normalized spacial score (nSPS) is 14.2. The predicted octanol–water partition coefficient (Wildman–Crippen LogP) is 2.58. The molecule has 1 N–H and O–H groups in total. The number of ether oxygens (including phenoxy) is 2. The molecule has 0 aliphatic carbocycles. The fraction of sp³-hybridized carbons (Fsp3) is 0.176. The lowest BCUT2D eigenvalue weighted by Gasteiger charge is -2.30. The first-order valence-electron chi connectivity index (χ1n) is 6.67. The Kier molecular flexibility index (Phi) is 4.91. The number of hydrogen-bond donors (Lipinski definition) is 1. The Hall–Kier alpha value is -2.66. The largest absolute Gasteiger partial charge is 0.466 e. The molecule has 2 aromatic rings. The topological polar surface area (TPSA) is 68.1 Å². The second-order valence-corrected chi connectivity index (χ2v) is 4.56. The van der Waals surface area contributed by atoms with Crippen LogP contribution in [0.4, 0.5) is 0 Å². The van der Waals surface area contributed by atoms with Gasteiger partial charge in [0.05, 0.1) is 7.11 Å². The van der Waals surface area contributed by atoms with Crippen LogP contribution in [-0.4, -0.2) is 31.1 Å². The van der Waals surface area contributed by atoms with Crippen molar-refractivity contribution >= 4 is 11.7 Å². The molecule has 1 atom stereocenters. The van der Waals surface area contributed by atoms with E-state index in [0.29, 0.717) is 11.1 Å². The van der Waals surface area contributed by atoms with E-state index in [9.17, 15) is 10.0 Å². The molecule has 0 aliphatic heterocycles. The van der Waals surface area contributed by atoms with E-state index in [-0.39, 0.29) is 5.71 Å². The van der Waals surface area contributed by atoms with Crippen LogP contribution < -0.4 is 0 Å². The van der Waals surface area contributed by atoms with Crippen molar-refractivity contribution in [1.29, 1.82) is 0 Å². The van der Waals surface area contributed by atoms with Crippen molar-refractivity contribution in [2.45, 2.75) is 5.60 Å². The zero-order chi connectivity index (χ0) is 16.0. The van der Waals surface area contributed by atoms with E-state index < -0.39 is 11.6 Å². The van der Waals surface area contributed by atoms with Crippen molar-refractivity contribution in [2.24, 2.45) is 5.16 Å². The Morgan fingerprint density at radius 1 is 1.00 bits per heavy atom. The third kappa shape index (κ3) is 2.58. The molecule has 0 spiro atoms. The minimum absolute atomic E-state index is 0.0636. The van der Waals surface area contributed by atoms with Crippen molar-refractivity contribution in [1.82, 2.24) is 0 Å². The molecule has 0 fully saturated rings. The van der Waals surface area contributed by atoms with Crippen LogP contribution in [0.5, 0.6) is 0 Å². The SMILES string of the molecule is COC(=O)C(OC)(/C(=N/O)c1ccccc1)c1ccccc1. The van der Waals surface area contributed by atoms with Gasteiger partial charge in [-0.3, -0.25) is 0 Å². The Balaban J connectivity index is 2.70. The molecule has 0 heterocycles. The van der Waals surface area contributed by atoms with E-state index in [1.807, 2.05) is 12.1 Å². The van der Waals surface area contributed by atoms with Crippen LogP contribution in [0.15, 0.2) is 65.8 Å². The van der Waals surface area contributed by atoms with E-state index in [2.05, 4.69) is 5.16 Å². The molecule has 22 heavy (non-hydrogen) atoms. The minimum Gasteiger partial charge on any atom is -0.466 e. The average molecular weight is 299 g/mol. The molecule has 114 valence electrons. The number of nitrogens with zero attached hydrogens (tertiary/aromatic N) is 1. The number of carbonyl (C=O) groups excluding carboxylic acids is 1. The molecule has 0 aromatic heterocycles. The summed E-state index contributed by atoms with van der Waals surface area (Å²) >= 11 is 0. The maximum atomic E-state index is 12.5. The van der Waals surface area contributed by atoms with Crippen LogP contribution in [-0.2, 0) is 19.9 Å².